The number of likely N-dealkylation sites (tertiary alicyclic amines) is 1. The molecule has 0 bridgehead atoms. The number of methoxy groups -OCH3 is 1. The molecule has 1 aromatic heterocycles. The van der Waals surface area contributed by atoms with Crippen molar-refractivity contribution in [1.29, 1.82) is 5.26 Å². The van der Waals surface area contributed by atoms with Gasteiger partial charge >= 0.3 is 0 Å². The quantitative estimate of drug-likeness (QED) is 0.747. The van der Waals surface area contributed by atoms with Crippen molar-refractivity contribution in [3.05, 3.63) is 42.0 Å². The van der Waals surface area contributed by atoms with Crippen LogP contribution in [0.3, 0.4) is 0 Å². The highest BCUT2D eigenvalue weighted by molar-refractivity contribution is 5.46. The molecule has 144 valence electrons. The minimum Gasteiger partial charge on any atom is -0.493 e. The topological polar surface area (TPSA) is 63.3 Å². The molecule has 1 aromatic carbocycles. The molecule has 0 saturated carbocycles. The van der Waals surface area contributed by atoms with E-state index in [1.54, 1.807) is 19.2 Å². The van der Waals surface area contributed by atoms with E-state index in [1.165, 1.54) is 6.42 Å². The predicted octanol–water partition coefficient (Wildman–Crippen LogP) is 3.64. The first kappa shape index (κ1) is 19.2. The Balaban J connectivity index is 1.57. The van der Waals surface area contributed by atoms with Crippen molar-refractivity contribution in [3.63, 3.8) is 0 Å². The Hall–Kier alpha value is -2.52. The summed E-state index contributed by atoms with van der Waals surface area (Å²) in [6.07, 6.45) is 6.27. The van der Waals surface area contributed by atoms with Crippen LogP contribution in [0.1, 0.15) is 44.1 Å². The molecule has 6 heteroatoms. The summed E-state index contributed by atoms with van der Waals surface area (Å²) in [5.41, 5.74) is 0.573. The number of nitriles is 1. The van der Waals surface area contributed by atoms with Gasteiger partial charge in [-0.25, -0.2) is 4.98 Å². The first-order valence-corrected chi connectivity index (χ1v) is 9.55. The number of hydrogen-bond donors (Lipinski definition) is 0. The molecule has 1 fully saturated rings. The maximum atomic E-state index is 9.01. The van der Waals surface area contributed by atoms with E-state index in [9.17, 15) is 0 Å². The Labute approximate surface area is 161 Å². The van der Waals surface area contributed by atoms with Crippen molar-refractivity contribution in [2.45, 2.75) is 39.3 Å². The molecule has 0 spiro atoms. The number of rotatable bonds is 7. The van der Waals surface area contributed by atoms with E-state index in [2.05, 4.69) is 40.6 Å². The molecule has 1 aliphatic heterocycles. The van der Waals surface area contributed by atoms with Gasteiger partial charge in [0.05, 0.1) is 31.9 Å². The van der Waals surface area contributed by atoms with Gasteiger partial charge in [-0.3, -0.25) is 4.90 Å². The fourth-order valence-corrected chi connectivity index (χ4v) is 3.63. The minimum absolute atomic E-state index is 0.426. The summed E-state index contributed by atoms with van der Waals surface area (Å²) in [7, 11) is 1.60. The van der Waals surface area contributed by atoms with Crippen LogP contribution in [-0.2, 0) is 6.54 Å². The van der Waals surface area contributed by atoms with E-state index in [4.69, 9.17) is 14.7 Å². The van der Waals surface area contributed by atoms with Gasteiger partial charge < -0.3 is 14.0 Å². The summed E-state index contributed by atoms with van der Waals surface area (Å²) in [5.74, 6) is 2.91. The fourth-order valence-electron chi connectivity index (χ4n) is 3.63. The van der Waals surface area contributed by atoms with E-state index >= 15 is 0 Å². The summed E-state index contributed by atoms with van der Waals surface area (Å²) in [5, 5.41) is 9.01. The molecule has 1 aliphatic rings. The number of aromatic nitrogens is 2. The Bertz CT molecular complexity index is 794. The minimum atomic E-state index is 0.426. The maximum absolute atomic E-state index is 9.01. The normalized spacial score (nSPS) is 17.7. The standard InChI is InChI=1S/C21H28N4O2/c1-16(2)25-10-8-23-21(25)14-24-9-4-5-18(13-24)15-27-19-7-6-17(12-22)11-20(19)26-3/h6-8,10-11,16,18H,4-5,9,13-15H2,1-3H3. The molecule has 6 nitrogen and oxygen atoms in total. The molecule has 1 atom stereocenters. The Morgan fingerprint density at radius 1 is 1.33 bits per heavy atom. The highest BCUT2D eigenvalue weighted by Gasteiger charge is 2.22. The third-order valence-electron chi connectivity index (χ3n) is 5.04. The lowest BCUT2D eigenvalue weighted by molar-refractivity contribution is 0.120. The van der Waals surface area contributed by atoms with Crippen LogP contribution in [0.2, 0.25) is 0 Å². The molecule has 0 amide bonds. The largest absolute Gasteiger partial charge is 0.493 e. The lowest BCUT2D eigenvalue weighted by atomic mass is 9.99. The zero-order valence-electron chi connectivity index (χ0n) is 16.4. The van der Waals surface area contributed by atoms with Crippen LogP contribution in [0.15, 0.2) is 30.6 Å². The second-order valence-electron chi connectivity index (χ2n) is 7.38. The first-order chi connectivity index (χ1) is 13.1. The van der Waals surface area contributed by atoms with E-state index in [0.717, 1.165) is 31.9 Å². The zero-order chi connectivity index (χ0) is 19.2. The fraction of sp³-hybridized carbons (Fsp3) is 0.524. The van der Waals surface area contributed by atoms with Gasteiger partial charge in [-0.2, -0.15) is 5.26 Å². The Morgan fingerprint density at radius 2 is 2.19 bits per heavy atom. The Morgan fingerprint density at radius 3 is 2.93 bits per heavy atom. The molecule has 0 N–H and O–H groups in total. The number of hydrogen-bond acceptors (Lipinski definition) is 5. The van der Waals surface area contributed by atoms with E-state index in [0.29, 0.717) is 35.6 Å². The summed E-state index contributed by atoms with van der Waals surface area (Å²) in [4.78, 5) is 7.00. The van der Waals surface area contributed by atoms with Crippen LogP contribution < -0.4 is 9.47 Å². The molecular weight excluding hydrogens is 340 g/mol. The van der Waals surface area contributed by atoms with Gasteiger partial charge in [0, 0.05) is 37.0 Å². The van der Waals surface area contributed by atoms with Crippen molar-refractivity contribution in [2.75, 3.05) is 26.8 Å². The molecule has 2 aromatic rings. The monoisotopic (exact) mass is 368 g/mol. The van der Waals surface area contributed by atoms with Gasteiger partial charge in [0.15, 0.2) is 11.5 Å². The molecular formula is C21H28N4O2. The summed E-state index contributed by atoms with van der Waals surface area (Å²) < 4.78 is 13.6. The second kappa shape index (κ2) is 8.92. The highest BCUT2D eigenvalue weighted by atomic mass is 16.5. The van der Waals surface area contributed by atoms with Crippen LogP contribution in [0.25, 0.3) is 0 Å². The van der Waals surface area contributed by atoms with Crippen LogP contribution in [0.4, 0.5) is 0 Å². The molecule has 1 unspecified atom stereocenters. The number of imidazole rings is 1. The Kier molecular flexibility index (Phi) is 6.36. The number of piperidine rings is 1. The molecule has 27 heavy (non-hydrogen) atoms. The van der Waals surface area contributed by atoms with E-state index in [1.807, 2.05) is 12.3 Å². The van der Waals surface area contributed by atoms with Crippen molar-refractivity contribution in [1.82, 2.24) is 14.5 Å². The van der Waals surface area contributed by atoms with Gasteiger partial charge in [0.2, 0.25) is 0 Å². The number of ether oxygens (including phenoxy) is 2. The van der Waals surface area contributed by atoms with Gasteiger partial charge in [0.1, 0.15) is 5.82 Å². The second-order valence-corrected chi connectivity index (χ2v) is 7.38. The number of benzene rings is 1. The third-order valence-corrected chi connectivity index (χ3v) is 5.04. The van der Waals surface area contributed by atoms with Gasteiger partial charge in [-0.15, -0.1) is 0 Å². The first-order valence-electron chi connectivity index (χ1n) is 9.55. The van der Waals surface area contributed by atoms with E-state index < -0.39 is 0 Å². The van der Waals surface area contributed by atoms with Crippen molar-refractivity contribution < 1.29 is 9.47 Å². The molecule has 0 aliphatic carbocycles. The van der Waals surface area contributed by atoms with E-state index in [-0.39, 0.29) is 0 Å². The van der Waals surface area contributed by atoms with Crippen LogP contribution >= 0.6 is 0 Å². The average Bonchev–Trinajstić information content (AvgIpc) is 3.15. The molecule has 3 rings (SSSR count). The highest BCUT2D eigenvalue weighted by Crippen LogP contribution is 2.29. The van der Waals surface area contributed by atoms with Crippen molar-refractivity contribution >= 4 is 0 Å². The zero-order valence-corrected chi connectivity index (χ0v) is 16.4. The van der Waals surface area contributed by atoms with Crippen LogP contribution in [0.5, 0.6) is 11.5 Å². The predicted molar refractivity (Wildman–Crippen MR) is 104 cm³/mol. The third kappa shape index (κ3) is 4.81. The molecule has 1 saturated heterocycles. The lowest BCUT2D eigenvalue weighted by Crippen LogP contribution is -2.38. The lowest BCUT2D eigenvalue weighted by Gasteiger charge is -2.32. The van der Waals surface area contributed by atoms with Gasteiger partial charge in [-0.05, 0) is 45.4 Å². The average molecular weight is 368 g/mol. The summed E-state index contributed by atoms with van der Waals surface area (Å²) >= 11 is 0. The van der Waals surface area contributed by atoms with Crippen molar-refractivity contribution in [2.24, 2.45) is 5.92 Å². The maximum Gasteiger partial charge on any atom is 0.162 e. The number of nitrogens with zero attached hydrogens (tertiary/aromatic N) is 4. The molecule has 2 heterocycles. The van der Waals surface area contributed by atoms with Gasteiger partial charge in [-0.1, -0.05) is 0 Å². The van der Waals surface area contributed by atoms with Gasteiger partial charge in [0.25, 0.3) is 0 Å². The molecule has 0 radical (unpaired) electrons. The van der Waals surface area contributed by atoms with Crippen LogP contribution in [0, 0.1) is 17.2 Å². The van der Waals surface area contributed by atoms with Crippen LogP contribution in [-0.4, -0.2) is 41.3 Å². The van der Waals surface area contributed by atoms with Crippen molar-refractivity contribution in [3.8, 4) is 17.6 Å². The smallest absolute Gasteiger partial charge is 0.162 e. The summed E-state index contributed by atoms with van der Waals surface area (Å²) in [6.45, 7) is 8.00. The SMILES string of the molecule is COc1cc(C#N)ccc1OCC1CCCN(Cc2nccn2C(C)C)C1. The summed E-state index contributed by atoms with van der Waals surface area (Å²) in [6, 6.07) is 7.84.